The van der Waals surface area contributed by atoms with Gasteiger partial charge in [-0.25, -0.2) is 0 Å². The molecule has 176 valence electrons. The molecule has 0 saturated heterocycles. The Kier molecular flexibility index (Phi) is 8.91. The van der Waals surface area contributed by atoms with E-state index in [0.29, 0.717) is 12.2 Å². The van der Waals surface area contributed by atoms with Crippen LogP contribution in [0.4, 0.5) is 0 Å². The van der Waals surface area contributed by atoms with E-state index in [2.05, 4.69) is 28.6 Å². The van der Waals surface area contributed by atoms with Crippen molar-refractivity contribution in [3.63, 3.8) is 0 Å². The highest BCUT2D eigenvalue weighted by molar-refractivity contribution is 7.98. The van der Waals surface area contributed by atoms with Crippen LogP contribution in [0.1, 0.15) is 42.2 Å². The highest BCUT2D eigenvalue weighted by atomic mass is 32.2. The molecular weight excluding hydrogens is 436 g/mol. The van der Waals surface area contributed by atoms with Gasteiger partial charge in [0.05, 0.1) is 19.8 Å². The summed E-state index contributed by atoms with van der Waals surface area (Å²) in [6, 6.07) is 15.7. The number of methoxy groups -OCH3 is 2. The van der Waals surface area contributed by atoms with E-state index >= 15 is 0 Å². The van der Waals surface area contributed by atoms with Crippen LogP contribution in [0.3, 0.4) is 0 Å². The van der Waals surface area contributed by atoms with Crippen LogP contribution in [0, 0.1) is 0 Å². The smallest absolute Gasteiger partial charge is 0.253 e. The predicted octanol–water partition coefficient (Wildman–Crippen LogP) is 4.94. The monoisotopic (exact) mass is 468 g/mol. The van der Waals surface area contributed by atoms with Gasteiger partial charge in [0.15, 0.2) is 11.0 Å². The minimum atomic E-state index is 0.0483. The fourth-order valence-corrected chi connectivity index (χ4v) is 4.59. The third kappa shape index (κ3) is 6.15. The van der Waals surface area contributed by atoms with Crippen LogP contribution in [0.25, 0.3) is 11.4 Å². The summed E-state index contributed by atoms with van der Waals surface area (Å²) in [5.74, 6) is 2.32. The number of thioether (sulfide) groups is 1. The van der Waals surface area contributed by atoms with E-state index in [1.807, 2.05) is 55.6 Å². The van der Waals surface area contributed by atoms with Gasteiger partial charge in [-0.1, -0.05) is 43.0 Å². The molecule has 2 aromatic carbocycles. The molecule has 0 aliphatic heterocycles. The first kappa shape index (κ1) is 24.8. The van der Waals surface area contributed by atoms with Crippen LogP contribution < -0.4 is 4.74 Å². The molecule has 0 aliphatic carbocycles. The Morgan fingerprint density at radius 3 is 2.58 bits per heavy atom. The molecule has 33 heavy (non-hydrogen) atoms. The fourth-order valence-electron chi connectivity index (χ4n) is 3.60. The summed E-state index contributed by atoms with van der Waals surface area (Å²) in [7, 11) is 5.18. The molecule has 3 rings (SSSR count). The largest absolute Gasteiger partial charge is 0.497 e. The lowest BCUT2D eigenvalue weighted by Crippen LogP contribution is -2.27. The third-order valence-corrected chi connectivity index (χ3v) is 6.33. The molecule has 1 amide bonds. The quantitative estimate of drug-likeness (QED) is 0.372. The van der Waals surface area contributed by atoms with Crippen molar-refractivity contribution in [3.05, 3.63) is 59.7 Å². The number of ether oxygens (including phenoxy) is 2. The lowest BCUT2D eigenvalue weighted by Gasteiger charge is -2.18. The average molecular weight is 469 g/mol. The number of aromatic nitrogens is 3. The number of amides is 1. The maximum absolute atomic E-state index is 12.5. The lowest BCUT2D eigenvalue weighted by atomic mass is 10.1. The van der Waals surface area contributed by atoms with E-state index < -0.39 is 0 Å². The zero-order valence-corrected chi connectivity index (χ0v) is 20.8. The second kappa shape index (κ2) is 11.9. The predicted molar refractivity (Wildman–Crippen MR) is 132 cm³/mol. The van der Waals surface area contributed by atoms with Crippen LogP contribution in [0.5, 0.6) is 5.75 Å². The van der Waals surface area contributed by atoms with Gasteiger partial charge in [0, 0.05) is 37.6 Å². The molecule has 0 N–H and O–H groups in total. The van der Waals surface area contributed by atoms with E-state index in [9.17, 15) is 4.79 Å². The molecule has 0 aliphatic rings. The molecule has 1 aromatic heterocycles. The Balaban J connectivity index is 1.79. The van der Waals surface area contributed by atoms with Crippen LogP contribution in [0.2, 0.25) is 0 Å². The molecule has 1 unspecified atom stereocenters. The van der Waals surface area contributed by atoms with Crippen LogP contribution >= 0.6 is 11.8 Å². The van der Waals surface area contributed by atoms with Gasteiger partial charge in [0.25, 0.3) is 5.91 Å². The first-order chi connectivity index (χ1) is 16.0. The Bertz CT molecular complexity index is 1050. The Labute approximate surface area is 200 Å². The van der Waals surface area contributed by atoms with Crippen molar-refractivity contribution in [1.82, 2.24) is 19.7 Å². The average Bonchev–Trinajstić information content (AvgIpc) is 3.27. The van der Waals surface area contributed by atoms with Crippen molar-refractivity contribution in [2.45, 2.75) is 37.2 Å². The summed E-state index contributed by atoms with van der Waals surface area (Å²) in [6.45, 7) is 5.45. The molecule has 7 nitrogen and oxygen atoms in total. The lowest BCUT2D eigenvalue weighted by molar-refractivity contribution is 0.0795. The van der Waals surface area contributed by atoms with E-state index in [4.69, 9.17) is 9.47 Å². The van der Waals surface area contributed by atoms with E-state index in [1.165, 1.54) is 0 Å². The summed E-state index contributed by atoms with van der Waals surface area (Å²) in [4.78, 5) is 14.2. The summed E-state index contributed by atoms with van der Waals surface area (Å²) in [5, 5.41) is 9.78. The second-order valence-corrected chi connectivity index (χ2v) is 8.87. The van der Waals surface area contributed by atoms with Crippen molar-refractivity contribution >= 4 is 17.7 Å². The summed E-state index contributed by atoms with van der Waals surface area (Å²) >= 11 is 1.62. The van der Waals surface area contributed by atoms with Gasteiger partial charge in [0.2, 0.25) is 0 Å². The number of nitrogens with zero attached hydrogens (tertiary/aromatic N) is 4. The molecule has 8 heteroatoms. The normalized spacial score (nSPS) is 11.9. The van der Waals surface area contributed by atoms with Gasteiger partial charge in [-0.15, -0.1) is 10.2 Å². The maximum Gasteiger partial charge on any atom is 0.253 e. The summed E-state index contributed by atoms with van der Waals surface area (Å²) in [5.41, 5.74) is 2.76. The highest BCUT2D eigenvalue weighted by Crippen LogP contribution is 2.31. The number of carbonyl (C=O) groups excluding carboxylic acids is 1. The summed E-state index contributed by atoms with van der Waals surface area (Å²) < 4.78 is 12.9. The van der Waals surface area contributed by atoms with Gasteiger partial charge in [-0.05, 0) is 43.2 Å². The van der Waals surface area contributed by atoms with Gasteiger partial charge < -0.3 is 14.4 Å². The SMILES string of the molecule is CCCN(C)C(=O)c1ccc(CSc2nnc(-c3cccc(OC)c3)n2C(C)COC)cc1. The maximum atomic E-state index is 12.5. The number of carbonyl (C=O) groups is 1. The zero-order chi connectivity index (χ0) is 23.8. The highest BCUT2D eigenvalue weighted by Gasteiger charge is 2.20. The molecule has 0 saturated carbocycles. The molecule has 3 aromatic rings. The number of hydrogen-bond donors (Lipinski definition) is 0. The van der Waals surface area contributed by atoms with Crippen LogP contribution in [0.15, 0.2) is 53.7 Å². The molecule has 0 bridgehead atoms. The standard InChI is InChI=1S/C25H32N4O3S/c1-6-14-28(3)24(30)20-12-10-19(11-13-20)17-33-25-27-26-23(29(25)18(2)16-31-4)21-8-7-9-22(15-21)32-5/h7-13,15,18H,6,14,16-17H2,1-5H3. The Morgan fingerprint density at radius 2 is 1.91 bits per heavy atom. The Hall–Kier alpha value is -2.84. The fraction of sp³-hybridized carbons (Fsp3) is 0.400. The molecular formula is C25H32N4O3S. The molecule has 1 atom stereocenters. The van der Waals surface area contributed by atoms with Crippen molar-refractivity contribution in [3.8, 4) is 17.1 Å². The van der Waals surface area contributed by atoms with E-state index in [-0.39, 0.29) is 11.9 Å². The topological polar surface area (TPSA) is 69.5 Å². The second-order valence-electron chi connectivity index (χ2n) is 7.92. The zero-order valence-electron chi connectivity index (χ0n) is 19.9. The van der Waals surface area contributed by atoms with Gasteiger partial charge >= 0.3 is 0 Å². The number of hydrogen-bond acceptors (Lipinski definition) is 6. The van der Waals surface area contributed by atoms with Crippen molar-refractivity contribution < 1.29 is 14.3 Å². The third-order valence-electron chi connectivity index (χ3n) is 5.32. The number of benzene rings is 2. The van der Waals surface area contributed by atoms with Gasteiger partial charge in [-0.2, -0.15) is 0 Å². The van der Waals surface area contributed by atoms with Crippen LogP contribution in [-0.2, 0) is 10.5 Å². The van der Waals surface area contributed by atoms with Gasteiger partial charge in [-0.3, -0.25) is 9.36 Å². The molecule has 1 heterocycles. The van der Waals surface area contributed by atoms with Crippen molar-refractivity contribution in [2.24, 2.45) is 0 Å². The van der Waals surface area contributed by atoms with E-state index in [1.54, 1.807) is 30.9 Å². The minimum Gasteiger partial charge on any atom is -0.497 e. The Morgan fingerprint density at radius 1 is 1.15 bits per heavy atom. The summed E-state index contributed by atoms with van der Waals surface area (Å²) in [6.07, 6.45) is 0.941. The van der Waals surface area contributed by atoms with Crippen molar-refractivity contribution in [2.75, 3.05) is 34.4 Å². The molecule has 0 fully saturated rings. The van der Waals surface area contributed by atoms with Crippen molar-refractivity contribution in [1.29, 1.82) is 0 Å². The first-order valence-electron chi connectivity index (χ1n) is 11.0. The molecule has 0 radical (unpaired) electrons. The van der Waals surface area contributed by atoms with Crippen LogP contribution in [-0.4, -0.2) is 60.0 Å². The molecule has 0 spiro atoms. The minimum absolute atomic E-state index is 0.0483. The number of rotatable bonds is 11. The van der Waals surface area contributed by atoms with Gasteiger partial charge in [0.1, 0.15) is 5.75 Å². The first-order valence-corrected chi connectivity index (χ1v) is 12.0. The van der Waals surface area contributed by atoms with E-state index in [0.717, 1.165) is 46.6 Å².